The van der Waals surface area contributed by atoms with Gasteiger partial charge < -0.3 is 26.6 Å². The van der Waals surface area contributed by atoms with Gasteiger partial charge in [0.25, 0.3) is 17.0 Å². The maximum absolute atomic E-state index is 13.0. The number of thioether (sulfide) groups is 3. The Hall–Kier alpha value is -2.86. The molecule has 38 heavy (non-hydrogen) atoms. The molecule has 0 bridgehead atoms. The van der Waals surface area contributed by atoms with Gasteiger partial charge in [0.05, 0.1) is 22.7 Å². The van der Waals surface area contributed by atoms with E-state index >= 15 is 0 Å². The fourth-order valence-electron chi connectivity index (χ4n) is 3.70. The van der Waals surface area contributed by atoms with Gasteiger partial charge in [0, 0.05) is 28.7 Å². The smallest absolute Gasteiger partial charge is 0.353 e. The number of hydrogen-bond donors (Lipinski definition) is 4. The van der Waals surface area contributed by atoms with Crippen molar-refractivity contribution in [3.05, 3.63) is 45.1 Å². The molecule has 2 aliphatic rings. The van der Waals surface area contributed by atoms with Gasteiger partial charge in [-0.15, -0.1) is 16.7 Å². The molecule has 0 aromatic carbocycles. The van der Waals surface area contributed by atoms with Crippen molar-refractivity contribution in [2.75, 3.05) is 30.9 Å². The maximum Gasteiger partial charge on any atom is 0.353 e. The normalized spacial score (nSPS) is 19.4. The van der Waals surface area contributed by atoms with Crippen LogP contribution in [0, 0.1) is 4.91 Å². The number of carbonyl (C=O) groups is 3. The number of nitrogen functional groups attached to an aromatic ring is 1. The van der Waals surface area contributed by atoms with Crippen molar-refractivity contribution in [2.45, 2.75) is 27.4 Å². The lowest BCUT2D eigenvalue weighted by atomic mass is 10.0. The first-order valence-electron chi connectivity index (χ1n) is 11.0. The van der Waals surface area contributed by atoms with E-state index in [0.29, 0.717) is 22.4 Å². The van der Waals surface area contributed by atoms with E-state index < -0.39 is 35.2 Å². The summed E-state index contributed by atoms with van der Waals surface area (Å²) in [4.78, 5) is 59.5. The van der Waals surface area contributed by atoms with E-state index in [9.17, 15) is 24.4 Å². The molecule has 4 rings (SSSR count). The monoisotopic (exact) mass is 597 g/mol. The molecule has 202 valence electrons. The number of pyridine rings is 1. The average molecular weight is 598 g/mol. The fraction of sp³-hybridized carbons (Fsp3) is 0.381. The molecule has 4 heterocycles. The second-order valence-electron chi connectivity index (χ2n) is 7.83. The Morgan fingerprint density at radius 1 is 1.39 bits per heavy atom. The van der Waals surface area contributed by atoms with Crippen molar-refractivity contribution < 1.29 is 24.2 Å². The first-order chi connectivity index (χ1) is 18.3. The molecule has 1 saturated heterocycles. The number of nitrogens with one attached hydrogen (secondary N) is 1. The SMILES string of the molecule is COc1nc(CSCCN)c(SC2=C(C(=O)O)N3C(=O)C(NC(=O)C(N=O)c4cccc(N)n4)C3SC2)s1. The molecule has 1 fully saturated rings. The molecule has 13 nitrogen and oxygen atoms in total. The van der Waals surface area contributed by atoms with Crippen LogP contribution >= 0.6 is 46.6 Å². The number of nitroso groups, excluding NO2 is 1. The highest BCUT2D eigenvalue weighted by Crippen LogP contribution is 2.48. The second kappa shape index (κ2) is 12.3. The van der Waals surface area contributed by atoms with Crippen LogP contribution in [-0.4, -0.2) is 74.3 Å². The van der Waals surface area contributed by atoms with Crippen molar-refractivity contribution in [3.63, 3.8) is 0 Å². The number of nitrogens with zero attached hydrogens (tertiary/aromatic N) is 4. The Bertz CT molecular complexity index is 1290. The lowest BCUT2D eigenvalue weighted by Crippen LogP contribution is -2.70. The summed E-state index contributed by atoms with van der Waals surface area (Å²) in [6, 6.07) is 1.92. The first kappa shape index (κ1) is 28.2. The molecular weight excluding hydrogens is 575 g/mol. The van der Waals surface area contributed by atoms with Gasteiger partial charge in [0.1, 0.15) is 22.9 Å². The molecule has 3 atom stereocenters. The molecule has 0 saturated carbocycles. The highest BCUT2D eigenvalue weighted by molar-refractivity contribution is 8.07. The lowest BCUT2D eigenvalue weighted by Gasteiger charge is -2.49. The molecule has 2 amide bonds. The minimum Gasteiger partial charge on any atom is -0.477 e. The Morgan fingerprint density at radius 3 is 2.84 bits per heavy atom. The number of β-lactam (4-membered cyclic amide) rings is 1. The number of ether oxygens (including phenoxy) is 1. The number of anilines is 1. The zero-order chi connectivity index (χ0) is 27.4. The van der Waals surface area contributed by atoms with Crippen molar-refractivity contribution in [1.29, 1.82) is 0 Å². The van der Waals surface area contributed by atoms with Crippen LogP contribution in [0.3, 0.4) is 0 Å². The largest absolute Gasteiger partial charge is 0.477 e. The van der Waals surface area contributed by atoms with Gasteiger partial charge >= 0.3 is 5.97 Å². The first-order valence-corrected chi connectivity index (χ1v) is 14.9. The third-order valence-electron chi connectivity index (χ3n) is 5.39. The quantitative estimate of drug-likeness (QED) is 0.156. The standard InChI is InChI=1S/C21H23N7O6S4/c1-34-21-25-10(7-35-6-5-22)20(38-21)37-11-8-36-18-14(17(30)28(18)15(11)19(31)32)26-16(29)13(27-33)9-3-2-4-12(23)24-9/h2-4,13-14,18H,5-8,22H2,1H3,(H2,23,24)(H,26,29)(H,31,32). The summed E-state index contributed by atoms with van der Waals surface area (Å²) in [5.41, 5.74) is 11.9. The molecular formula is C21H23N7O6S4. The van der Waals surface area contributed by atoms with Crippen LogP contribution < -0.4 is 21.5 Å². The summed E-state index contributed by atoms with van der Waals surface area (Å²) in [7, 11) is 1.51. The number of aliphatic carboxylic acids is 1. The highest BCUT2D eigenvalue weighted by Gasteiger charge is 2.55. The Morgan fingerprint density at radius 2 is 2.18 bits per heavy atom. The van der Waals surface area contributed by atoms with Gasteiger partial charge in [-0.3, -0.25) is 14.5 Å². The summed E-state index contributed by atoms with van der Waals surface area (Å²) in [6.45, 7) is 0.523. The van der Waals surface area contributed by atoms with Gasteiger partial charge in [-0.1, -0.05) is 29.2 Å². The average Bonchev–Trinajstić information content (AvgIpc) is 3.29. The zero-order valence-corrected chi connectivity index (χ0v) is 23.1. The number of aromatic nitrogens is 2. The van der Waals surface area contributed by atoms with E-state index in [2.05, 4.69) is 20.5 Å². The highest BCUT2D eigenvalue weighted by atomic mass is 32.2. The lowest BCUT2D eigenvalue weighted by molar-refractivity contribution is -0.150. The number of thiazole rings is 1. The third kappa shape index (κ3) is 5.75. The van der Waals surface area contributed by atoms with Crippen LogP contribution in [0.25, 0.3) is 0 Å². The number of methoxy groups -OCH3 is 1. The molecule has 0 radical (unpaired) electrons. The topological polar surface area (TPSA) is 203 Å². The van der Waals surface area contributed by atoms with E-state index in [0.717, 1.165) is 20.6 Å². The minimum absolute atomic E-state index is 0.0441. The summed E-state index contributed by atoms with van der Waals surface area (Å²) < 4.78 is 6.04. The van der Waals surface area contributed by atoms with Crippen LogP contribution in [0.4, 0.5) is 5.82 Å². The van der Waals surface area contributed by atoms with Crippen molar-refractivity contribution >= 4 is 70.2 Å². The van der Waals surface area contributed by atoms with Crippen LogP contribution in [-0.2, 0) is 20.1 Å². The van der Waals surface area contributed by atoms with Gasteiger partial charge in [0.2, 0.25) is 6.04 Å². The maximum atomic E-state index is 13.0. The van der Waals surface area contributed by atoms with E-state index in [1.165, 1.54) is 60.2 Å². The molecule has 3 unspecified atom stereocenters. The van der Waals surface area contributed by atoms with Crippen molar-refractivity contribution in [2.24, 2.45) is 10.9 Å². The Kier molecular flexibility index (Phi) is 9.14. The number of hydrogen-bond acceptors (Lipinski definition) is 14. The van der Waals surface area contributed by atoms with Crippen LogP contribution in [0.5, 0.6) is 5.19 Å². The predicted octanol–water partition coefficient (Wildman–Crippen LogP) is 1.62. The minimum atomic E-state index is -1.51. The number of carboxylic acid groups (broad SMARTS) is 1. The number of carboxylic acids is 1. The number of carbonyl (C=O) groups excluding carboxylic acids is 2. The second-order valence-corrected chi connectivity index (χ2v) is 12.4. The molecule has 2 aromatic heterocycles. The predicted molar refractivity (Wildman–Crippen MR) is 147 cm³/mol. The number of amides is 2. The number of nitrogens with two attached hydrogens (primary N) is 2. The third-order valence-corrected chi connectivity index (χ3v) is 10.2. The summed E-state index contributed by atoms with van der Waals surface area (Å²) in [5.74, 6) is -0.967. The van der Waals surface area contributed by atoms with Gasteiger partial charge in [-0.2, -0.15) is 11.8 Å². The van der Waals surface area contributed by atoms with E-state index in [-0.39, 0.29) is 23.0 Å². The summed E-state index contributed by atoms with van der Waals surface area (Å²) >= 11 is 5.44. The van der Waals surface area contributed by atoms with Gasteiger partial charge in [-0.05, 0) is 17.3 Å². The van der Waals surface area contributed by atoms with E-state index in [1.807, 2.05) is 0 Å². The Balaban J connectivity index is 1.52. The van der Waals surface area contributed by atoms with Crippen LogP contribution in [0.15, 0.2) is 38.2 Å². The molecule has 2 aliphatic heterocycles. The molecule has 6 N–H and O–H groups in total. The van der Waals surface area contributed by atoms with E-state index in [4.69, 9.17) is 16.2 Å². The van der Waals surface area contributed by atoms with E-state index in [1.54, 1.807) is 11.8 Å². The van der Waals surface area contributed by atoms with Gasteiger partial charge in [-0.25, -0.2) is 14.8 Å². The van der Waals surface area contributed by atoms with Crippen LogP contribution in [0.1, 0.15) is 17.4 Å². The summed E-state index contributed by atoms with van der Waals surface area (Å²) in [5, 5.41) is 15.2. The number of fused-ring (bicyclic) bond motifs is 1. The molecule has 17 heteroatoms. The van der Waals surface area contributed by atoms with Crippen molar-refractivity contribution in [3.8, 4) is 5.19 Å². The fourth-order valence-corrected chi connectivity index (χ4v) is 8.29. The zero-order valence-electron chi connectivity index (χ0n) is 19.9. The van der Waals surface area contributed by atoms with Gasteiger partial charge in [0.15, 0.2) is 0 Å². The number of rotatable bonds is 12. The summed E-state index contributed by atoms with van der Waals surface area (Å²) in [6.07, 6.45) is 0. The molecule has 0 spiro atoms. The van der Waals surface area contributed by atoms with Crippen molar-refractivity contribution in [1.82, 2.24) is 20.2 Å². The Labute approximate surface area is 233 Å². The molecule has 0 aliphatic carbocycles. The molecule has 2 aromatic rings. The van der Waals surface area contributed by atoms with Crippen LogP contribution in [0.2, 0.25) is 0 Å².